The maximum absolute atomic E-state index is 11.8. The SMILES string of the molecule is COC(=O)[C@H](C)Sc1nc2[nH]c(=O)n(C)c(=O)c2[nH]1. The van der Waals surface area contributed by atoms with Gasteiger partial charge < -0.3 is 9.72 Å². The quantitative estimate of drug-likeness (QED) is 0.586. The molecule has 0 unspecified atom stereocenters. The first-order valence-electron chi connectivity index (χ1n) is 5.37. The summed E-state index contributed by atoms with van der Waals surface area (Å²) in [6, 6.07) is 0. The Labute approximate surface area is 111 Å². The number of carbonyl (C=O) groups is 1. The van der Waals surface area contributed by atoms with Crippen LogP contribution in [0.15, 0.2) is 14.7 Å². The number of nitrogens with zero attached hydrogens (tertiary/aromatic N) is 2. The zero-order valence-electron chi connectivity index (χ0n) is 10.5. The Hall–Kier alpha value is -2.03. The van der Waals surface area contributed by atoms with Crippen LogP contribution >= 0.6 is 11.8 Å². The largest absolute Gasteiger partial charge is 0.468 e. The number of hydrogen-bond donors (Lipinski definition) is 2. The number of thioether (sulfide) groups is 1. The van der Waals surface area contributed by atoms with Crippen molar-refractivity contribution in [3.63, 3.8) is 0 Å². The number of methoxy groups -OCH3 is 1. The van der Waals surface area contributed by atoms with Gasteiger partial charge in [-0.05, 0) is 6.92 Å². The van der Waals surface area contributed by atoms with Gasteiger partial charge in [-0.25, -0.2) is 9.78 Å². The summed E-state index contributed by atoms with van der Waals surface area (Å²) in [5.41, 5.74) is -0.639. The molecule has 0 bridgehead atoms. The van der Waals surface area contributed by atoms with E-state index in [-0.39, 0.29) is 11.2 Å². The summed E-state index contributed by atoms with van der Waals surface area (Å²) < 4.78 is 5.54. The fourth-order valence-electron chi connectivity index (χ4n) is 1.48. The van der Waals surface area contributed by atoms with E-state index in [9.17, 15) is 14.4 Å². The fourth-order valence-corrected chi connectivity index (χ4v) is 2.31. The third kappa shape index (κ3) is 2.41. The lowest BCUT2D eigenvalue weighted by Gasteiger charge is -2.05. The van der Waals surface area contributed by atoms with E-state index in [1.54, 1.807) is 6.92 Å². The summed E-state index contributed by atoms with van der Waals surface area (Å²) in [7, 11) is 2.66. The Morgan fingerprint density at radius 1 is 1.42 bits per heavy atom. The number of fused-ring (bicyclic) bond motifs is 1. The van der Waals surface area contributed by atoms with Crippen molar-refractivity contribution in [1.82, 2.24) is 19.5 Å². The molecular formula is C10H12N4O4S. The Kier molecular flexibility index (Phi) is 3.47. The van der Waals surface area contributed by atoms with Crippen molar-refractivity contribution in [2.45, 2.75) is 17.3 Å². The van der Waals surface area contributed by atoms with Gasteiger partial charge >= 0.3 is 11.7 Å². The second-order valence-electron chi connectivity index (χ2n) is 3.84. The van der Waals surface area contributed by atoms with Gasteiger partial charge in [-0.2, -0.15) is 0 Å². The van der Waals surface area contributed by atoms with Gasteiger partial charge in [-0.1, -0.05) is 11.8 Å². The molecule has 1 atom stereocenters. The highest BCUT2D eigenvalue weighted by Gasteiger charge is 2.18. The van der Waals surface area contributed by atoms with Gasteiger partial charge in [0.05, 0.1) is 7.11 Å². The molecule has 9 heteroatoms. The topological polar surface area (TPSA) is 110 Å². The number of nitrogens with one attached hydrogen (secondary N) is 2. The summed E-state index contributed by atoms with van der Waals surface area (Å²) in [5.74, 6) is -0.396. The number of aromatic nitrogens is 4. The van der Waals surface area contributed by atoms with E-state index in [2.05, 4.69) is 19.7 Å². The molecule has 0 spiro atoms. The molecule has 2 aromatic heterocycles. The fraction of sp³-hybridized carbons (Fsp3) is 0.400. The van der Waals surface area contributed by atoms with Gasteiger partial charge in [-0.15, -0.1) is 0 Å². The average Bonchev–Trinajstić information content (AvgIpc) is 2.77. The van der Waals surface area contributed by atoms with E-state index < -0.39 is 22.5 Å². The van der Waals surface area contributed by atoms with E-state index in [1.807, 2.05) is 0 Å². The number of carbonyl (C=O) groups excluding carboxylic acids is 1. The minimum atomic E-state index is -0.540. The molecule has 0 amide bonds. The summed E-state index contributed by atoms with van der Waals surface area (Å²) in [5, 5.41) is -0.104. The van der Waals surface area contributed by atoms with Crippen molar-refractivity contribution in [3.05, 3.63) is 20.8 Å². The third-order valence-electron chi connectivity index (χ3n) is 2.55. The van der Waals surface area contributed by atoms with Gasteiger partial charge in [0.2, 0.25) is 0 Å². The molecule has 0 radical (unpaired) electrons. The predicted octanol–water partition coefficient (Wildman–Crippen LogP) is -0.397. The standard InChI is InChI=1S/C10H12N4O4S/c1-4(8(16)18-3)19-9-11-5-6(12-9)13-10(17)14(2)7(5)15/h4H,1-3H3,(H,11,12)(H,13,17)/t4-/m0/s1. The molecule has 8 nitrogen and oxygen atoms in total. The Bertz CT molecular complexity index is 744. The predicted molar refractivity (Wildman–Crippen MR) is 69.3 cm³/mol. The summed E-state index contributed by atoms with van der Waals surface area (Å²) in [6.45, 7) is 1.66. The second-order valence-corrected chi connectivity index (χ2v) is 5.17. The lowest BCUT2D eigenvalue weighted by atomic mass is 10.5. The summed E-state index contributed by atoms with van der Waals surface area (Å²) >= 11 is 1.11. The number of hydrogen-bond acceptors (Lipinski definition) is 6. The lowest BCUT2D eigenvalue weighted by Crippen LogP contribution is -2.32. The zero-order valence-corrected chi connectivity index (χ0v) is 11.3. The van der Waals surface area contributed by atoms with Crippen molar-refractivity contribution >= 4 is 28.9 Å². The molecule has 0 aliphatic rings. The average molecular weight is 284 g/mol. The van der Waals surface area contributed by atoms with Crippen LogP contribution in [-0.4, -0.2) is 37.8 Å². The smallest absolute Gasteiger partial charge is 0.329 e. The van der Waals surface area contributed by atoms with Crippen LogP contribution in [0, 0.1) is 0 Å². The first-order valence-corrected chi connectivity index (χ1v) is 6.25. The first kappa shape index (κ1) is 13.4. The van der Waals surface area contributed by atoms with Crippen molar-refractivity contribution in [2.75, 3.05) is 7.11 Å². The van der Waals surface area contributed by atoms with Gasteiger partial charge in [0.25, 0.3) is 5.56 Å². The molecule has 102 valence electrons. The monoisotopic (exact) mass is 284 g/mol. The molecule has 2 N–H and O–H groups in total. The highest BCUT2D eigenvalue weighted by Crippen LogP contribution is 2.21. The maximum Gasteiger partial charge on any atom is 0.329 e. The van der Waals surface area contributed by atoms with E-state index >= 15 is 0 Å². The van der Waals surface area contributed by atoms with Crippen LogP contribution in [0.3, 0.4) is 0 Å². The Morgan fingerprint density at radius 2 is 2.11 bits per heavy atom. The van der Waals surface area contributed by atoms with Gasteiger partial charge in [0, 0.05) is 7.05 Å². The maximum atomic E-state index is 11.8. The summed E-state index contributed by atoms with van der Waals surface area (Å²) in [6.07, 6.45) is 0. The molecule has 0 saturated carbocycles. The minimum absolute atomic E-state index is 0.174. The molecule has 0 fully saturated rings. The number of rotatable bonds is 3. The molecule has 0 aliphatic heterocycles. The molecule has 0 aliphatic carbocycles. The molecule has 2 aromatic rings. The van der Waals surface area contributed by atoms with Crippen LogP contribution in [0.2, 0.25) is 0 Å². The highest BCUT2D eigenvalue weighted by molar-refractivity contribution is 8.00. The Morgan fingerprint density at radius 3 is 2.74 bits per heavy atom. The number of esters is 1. The highest BCUT2D eigenvalue weighted by atomic mass is 32.2. The normalized spacial score (nSPS) is 12.6. The van der Waals surface area contributed by atoms with E-state index in [4.69, 9.17) is 0 Å². The number of ether oxygens (including phenoxy) is 1. The minimum Gasteiger partial charge on any atom is -0.468 e. The molecule has 0 saturated heterocycles. The van der Waals surface area contributed by atoms with E-state index in [0.29, 0.717) is 5.16 Å². The van der Waals surface area contributed by atoms with Crippen LogP contribution in [0.25, 0.3) is 11.2 Å². The molecule has 0 aromatic carbocycles. The van der Waals surface area contributed by atoms with E-state index in [1.165, 1.54) is 14.2 Å². The number of imidazole rings is 1. The molecular weight excluding hydrogens is 272 g/mol. The number of aromatic amines is 2. The second kappa shape index (κ2) is 4.92. The van der Waals surface area contributed by atoms with Gasteiger partial charge in [0.1, 0.15) is 5.25 Å². The van der Waals surface area contributed by atoms with Gasteiger partial charge in [0.15, 0.2) is 16.3 Å². The van der Waals surface area contributed by atoms with Crippen LogP contribution in [0.1, 0.15) is 6.92 Å². The third-order valence-corrected chi connectivity index (χ3v) is 3.51. The van der Waals surface area contributed by atoms with Crippen molar-refractivity contribution in [1.29, 1.82) is 0 Å². The molecule has 2 rings (SSSR count). The number of H-pyrrole nitrogens is 2. The van der Waals surface area contributed by atoms with E-state index in [0.717, 1.165) is 16.3 Å². The van der Waals surface area contributed by atoms with Gasteiger partial charge in [-0.3, -0.25) is 19.1 Å². The van der Waals surface area contributed by atoms with Crippen LogP contribution < -0.4 is 11.2 Å². The van der Waals surface area contributed by atoms with Crippen molar-refractivity contribution in [3.8, 4) is 0 Å². The Balaban J connectivity index is 2.43. The molecule has 19 heavy (non-hydrogen) atoms. The van der Waals surface area contributed by atoms with Crippen LogP contribution in [0.5, 0.6) is 0 Å². The van der Waals surface area contributed by atoms with Crippen molar-refractivity contribution in [2.24, 2.45) is 7.05 Å². The first-order chi connectivity index (χ1) is 8.93. The summed E-state index contributed by atoms with van der Waals surface area (Å²) in [4.78, 5) is 43.8. The van der Waals surface area contributed by atoms with Crippen LogP contribution in [0.4, 0.5) is 0 Å². The lowest BCUT2D eigenvalue weighted by molar-refractivity contribution is -0.139. The zero-order chi connectivity index (χ0) is 14.2. The van der Waals surface area contributed by atoms with Crippen molar-refractivity contribution < 1.29 is 9.53 Å². The van der Waals surface area contributed by atoms with Crippen LogP contribution in [-0.2, 0) is 16.6 Å². The molecule has 2 heterocycles.